The minimum atomic E-state index is -0.0482. The number of rotatable bonds is 3. The summed E-state index contributed by atoms with van der Waals surface area (Å²) in [6, 6.07) is 11.2. The first-order valence-electron chi connectivity index (χ1n) is 8.66. The molecule has 138 valence electrons. The summed E-state index contributed by atoms with van der Waals surface area (Å²) >= 11 is 5.44. The molecule has 0 aliphatic heterocycles. The molecule has 4 aromatic rings. The first-order valence-corrected chi connectivity index (χ1v) is 9.06. The Bertz CT molecular complexity index is 1220. The maximum Gasteiger partial charge on any atom is 0.200 e. The zero-order chi connectivity index (χ0) is 19.3. The molecule has 0 radical (unpaired) electrons. The van der Waals surface area contributed by atoms with Gasteiger partial charge in [0.15, 0.2) is 10.6 Å². The maximum atomic E-state index is 10.4. The third kappa shape index (κ3) is 2.80. The molecular formula is C20H20N4O2S. The van der Waals surface area contributed by atoms with Crippen molar-refractivity contribution in [3.8, 4) is 28.6 Å². The lowest BCUT2D eigenvalue weighted by atomic mass is 9.98. The van der Waals surface area contributed by atoms with E-state index in [1.54, 1.807) is 10.6 Å². The molecule has 2 aromatic carbocycles. The van der Waals surface area contributed by atoms with Gasteiger partial charge in [-0.05, 0) is 54.0 Å². The van der Waals surface area contributed by atoms with Crippen LogP contribution in [0, 0.1) is 4.77 Å². The molecule has 2 heterocycles. The van der Waals surface area contributed by atoms with Crippen molar-refractivity contribution < 1.29 is 10.2 Å². The van der Waals surface area contributed by atoms with Gasteiger partial charge >= 0.3 is 0 Å². The van der Waals surface area contributed by atoms with Crippen LogP contribution in [0.3, 0.4) is 0 Å². The quantitative estimate of drug-likeness (QED) is 0.453. The van der Waals surface area contributed by atoms with Crippen molar-refractivity contribution >= 4 is 23.1 Å². The van der Waals surface area contributed by atoms with Gasteiger partial charge in [-0.1, -0.05) is 13.8 Å². The molecule has 2 aromatic heterocycles. The Morgan fingerprint density at radius 2 is 1.85 bits per heavy atom. The molecular weight excluding hydrogens is 360 g/mol. The summed E-state index contributed by atoms with van der Waals surface area (Å²) in [5, 5.41) is 28.8. The molecule has 0 atom stereocenters. The van der Waals surface area contributed by atoms with E-state index < -0.39 is 0 Å². The van der Waals surface area contributed by atoms with Crippen LogP contribution >= 0.6 is 12.2 Å². The highest BCUT2D eigenvalue weighted by molar-refractivity contribution is 7.71. The number of nitrogens with zero attached hydrogens (tertiary/aromatic N) is 3. The number of hydrogen-bond acceptors (Lipinski definition) is 4. The molecule has 7 heteroatoms. The van der Waals surface area contributed by atoms with Crippen molar-refractivity contribution in [1.29, 1.82) is 0 Å². The summed E-state index contributed by atoms with van der Waals surface area (Å²) in [5.41, 5.74) is 3.21. The number of phenolic OH excluding ortho intramolecular Hbond substituents is 2. The van der Waals surface area contributed by atoms with Crippen molar-refractivity contribution in [3.63, 3.8) is 0 Å². The number of H-pyrrole nitrogens is 1. The Balaban J connectivity index is 1.94. The van der Waals surface area contributed by atoms with Gasteiger partial charge in [-0.25, -0.2) is 0 Å². The predicted octanol–water partition coefficient (Wildman–Crippen LogP) is 4.62. The van der Waals surface area contributed by atoms with Crippen molar-refractivity contribution in [3.05, 3.63) is 52.9 Å². The van der Waals surface area contributed by atoms with Crippen LogP contribution in [-0.2, 0) is 7.05 Å². The van der Waals surface area contributed by atoms with Crippen molar-refractivity contribution in [2.45, 2.75) is 19.8 Å². The summed E-state index contributed by atoms with van der Waals surface area (Å²) < 4.78 is 4.27. The van der Waals surface area contributed by atoms with E-state index in [1.807, 2.05) is 51.4 Å². The highest BCUT2D eigenvalue weighted by Crippen LogP contribution is 2.38. The van der Waals surface area contributed by atoms with Gasteiger partial charge in [-0.2, -0.15) is 5.10 Å². The molecule has 0 unspecified atom stereocenters. The van der Waals surface area contributed by atoms with E-state index in [0.717, 1.165) is 22.2 Å². The SMILES string of the molecule is CC(C)c1cc(-c2n[nH]c(=S)n2-c2ccc3c(ccn3C)c2)c(O)cc1O. The smallest absolute Gasteiger partial charge is 0.200 e. The lowest BCUT2D eigenvalue weighted by molar-refractivity contribution is 0.444. The number of aromatic hydroxyl groups is 2. The highest BCUT2D eigenvalue weighted by Gasteiger charge is 2.18. The second-order valence-corrected chi connectivity index (χ2v) is 7.33. The average Bonchev–Trinajstić information content (AvgIpc) is 3.17. The summed E-state index contributed by atoms with van der Waals surface area (Å²) in [5.74, 6) is 0.612. The number of aryl methyl sites for hydroxylation is 1. The van der Waals surface area contributed by atoms with Gasteiger partial charge in [-0.15, -0.1) is 0 Å². The molecule has 0 saturated carbocycles. The van der Waals surface area contributed by atoms with Crippen molar-refractivity contribution in [2.75, 3.05) is 0 Å². The third-order valence-electron chi connectivity index (χ3n) is 4.81. The first kappa shape index (κ1) is 17.4. The maximum absolute atomic E-state index is 10.4. The van der Waals surface area contributed by atoms with Gasteiger partial charge in [-0.3, -0.25) is 9.67 Å². The van der Waals surface area contributed by atoms with E-state index in [-0.39, 0.29) is 17.4 Å². The van der Waals surface area contributed by atoms with Gasteiger partial charge in [0.1, 0.15) is 11.5 Å². The standard InChI is InChI=1S/C20H20N4O2S/c1-11(2)14-9-15(18(26)10-17(14)25)19-21-22-20(27)24(19)13-4-5-16-12(8-13)6-7-23(16)3/h4-11,25-26H,1-3H3,(H,22,27). The minimum absolute atomic E-state index is 0.0482. The van der Waals surface area contributed by atoms with E-state index in [2.05, 4.69) is 14.8 Å². The van der Waals surface area contributed by atoms with Crippen LogP contribution in [0.2, 0.25) is 0 Å². The van der Waals surface area contributed by atoms with Gasteiger partial charge in [0.2, 0.25) is 0 Å². The topological polar surface area (TPSA) is 79.0 Å². The van der Waals surface area contributed by atoms with Gasteiger partial charge in [0.25, 0.3) is 0 Å². The average molecular weight is 380 g/mol. The number of fused-ring (bicyclic) bond motifs is 1. The number of nitrogens with one attached hydrogen (secondary N) is 1. The molecule has 0 aliphatic carbocycles. The van der Waals surface area contributed by atoms with Crippen LogP contribution in [0.25, 0.3) is 28.0 Å². The fourth-order valence-electron chi connectivity index (χ4n) is 3.36. The van der Waals surface area contributed by atoms with Gasteiger partial charge in [0.05, 0.1) is 11.3 Å². The Hall–Kier alpha value is -3.06. The number of aromatic nitrogens is 4. The lowest BCUT2D eigenvalue weighted by Gasteiger charge is -2.13. The van der Waals surface area contributed by atoms with Crippen LogP contribution < -0.4 is 0 Å². The minimum Gasteiger partial charge on any atom is -0.508 e. The lowest BCUT2D eigenvalue weighted by Crippen LogP contribution is -1.99. The fraction of sp³-hybridized carbons (Fsp3) is 0.200. The first-order chi connectivity index (χ1) is 12.9. The predicted molar refractivity (Wildman–Crippen MR) is 108 cm³/mol. The second kappa shape index (κ2) is 6.28. The molecule has 0 spiro atoms. The number of aromatic amines is 1. The van der Waals surface area contributed by atoms with Crippen LogP contribution in [0.15, 0.2) is 42.6 Å². The summed E-state index contributed by atoms with van der Waals surface area (Å²) in [6.45, 7) is 3.96. The van der Waals surface area contributed by atoms with Gasteiger partial charge < -0.3 is 14.8 Å². The molecule has 4 rings (SSSR count). The normalized spacial score (nSPS) is 11.6. The molecule has 0 amide bonds. The summed E-state index contributed by atoms with van der Waals surface area (Å²) in [6.07, 6.45) is 2.00. The largest absolute Gasteiger partial charge is 0.508 e. The van der Waals surface area contributed by atoms with Crippen LogP contribution in [0.4, 0.5) is 0 Å². The Morgan fingerprint density at radius 3 is 2.59 bits per heavy atom. The monoisotopic (exact) mass is 380 g/mol. The third-order valence-corrected chi connectivity index (χ3v) is 5.08. The Morgan fingerprint density at radius 1 is 1.07 bits per heavy atom. The second-order valence-electron chi connectivity index (χ2n) is 6.94. The van der Waals surface area contributed by atoms with E-state index in [1.165, 1.54) is 6.07 Å². The fourth-order valence-corrected chi connectivity index (χ4v) is 3.60. The molecule has 0 fully saturated rings. The molecule has 3 N–H and O–H groups in total. The van der Waals surface area contributed by atoms with E-state index >= 15 is 0 Å². The Kier molecular flexibility index (Phi) is 4.04. The highest BCUT2D eigenvalue weighted by atomic mass is 32.1. The number of phenols is 2. The van der Waals surface area contributed by atoms with Crippen molar-refractivity contribution in [2.24, 2.45) is 7.05 Å². The Labute approximate surface area is 161 Å². The van der Waals surface area contributed by atoms with E-state index in [0.29, 0.717) is 16.2 Å². The molecule has 0 aliphatic rings. The zero-order valence-electron chi connectivity index (χ0n) is 15.3. The summed E-state index contributed by atoms with van der Waals surface area (Å²) in [7, 11) is 2.00. The molecule has 0 saturated heterocycles. The molecule has 27 heavy (non-hydrogen) atoms. The molecule has 0 bridgehead atoms. The van der Waals surface area contributed by atoms with Crippen LogP contribution in [0.5, 0.6) is 11.5 Å². The van der Waals surface area contributed by atoms with E-state index in [9.17, 15) is 10.2 Å². The van der Waals surface area contributed by atoms with Crippen molar-refractivity contribution in [1.82, 2.24) is 19.3 Å². The van der Waals surface area contributed by atoms with Gasteiger partial charge in [0, 0.05) is 30.2 Å². The number of benzene rings is 2. The van der Waals surface area contributed by atoms with E-state index in [4.69, 9.17) is 12.2 Å². The number of hydrogen-bond donors (Lipinski definition) is 3. The molecule has 6 nitrogen and oxygen atoms in total. The van der Waals surface area contributed by atoms with Crippen LogP contribution in [0.1, 0.15) is 25.3 Å². The zero-order valence-corrected chi connectivity index (χ0v) is 16.1. The van der Waals surface area contributed by atoms with Crippen LogP contribution in [-0.4, -0.2) is 29.5 Å². The summed E-state index contributed by atoms with van der Waals surface area (Å²) in [4.78, 5) is 0.